The van der Waals surface area contributed by atoms with E-state index in [9.17, 15) is 0 Å². The number of nitrogen functional groups attached to an aromatic ring is 2. The van der Waals surface area contributed by atoms with Gasteiger partial charge in [0.05, 0.1) is 18.0 Å². The quantitative estimate of drug-likeness (QED) is 0.496. The van der Waals surface area contributed by atoms with Gasteiger partial charge in [-0.05, 0) is 0 Å². The van der Waals surface area contributed by atoms with Gasteiger partial charge in [-0.2, -0.15) is 0 Å². The fourth-order valence-corrected chi connectivity index (χ4v) is 1.04. The molecule has 0 radical (unpaired) electrons. The fraction of sp³-hybridized carbons (Fsp3) is 0.429. The third-order valence-electron chi connectivity index (χ3n) is 1.67. The molecule has 1 heterocycles. The number of anilines is 3. The second kappa shape index (κ2) is 3.36. The van der Waals surface area contributed by atoms with E-state index in [1.165, 1.54) is 0 Å². The molecular weight excluding hydrogens is 156 g/mol. The van der Waals surface area contributed by atoms with Crippen molar-refractivity contribution in [3.8, 4) is 0 Å². The maximum absolute atomic E-state index is 8.57. The molecule has 1 rings (SSSR count). The lowest BCUT2D eigenvalue weighted by Gasteiger charge is -2.04. The standard InChI is InChI=1S/C7H14N4O/c1-11-4-5(8)6(7(11)9)10-2-3-12/h4,10,12H,2-3,8-9H2,1H3. The monoisotopic (exact) mass is 170 g/mol. The first-order chi connectivity index (χ1) is 5.66. The van der Waals surface area contributed by atoms with E-state index in [4.69, 9.17) is 16.6 Å². The van der Waals surface area contributed by atoms with Crippen LogP contribution >= 0.6 is 0 Å². The number of nitrogens with zero attached hydrogens (tertiary/aromatic N) is 1. The van der Waals surface area contributed by atoms with Crippen molar-refractivity contribution in [2.75, 3.05) is 29.9 Å². The van der Waals surface area contributed by atoms with E-state index in [-0.39, 0.29) is 6.61 Å². The van der Waals surface area contributed by atoms with Gasteiger partial charge in [0.25, 0.3) is 0 Å². The summed E-state index contributed by atoms with van der Waals surface area (Å²) in [5, 5.41) is 11.5. The number of aromatic nitrogens is 1. The number of aliphatic hydroxyl groups is 1. The molecule has 12 heavy (non-hydrogen) atoms. The van der Waals surface area contributed by atoms with E-state index < -0.39 is 0 Å². The molecule has 0 aliphatic heterocycles. The SMILES string of the molecule is Cn1cc(N)c(NCCO)c1N. The minimum atomic E-state index is 0.0633. The molecule has 5 heteroatoms. The Labute approximate surface area is 71.0 Å². The molecule has 1 aromatic rings. The van der Waals surface area contributed by atoms with Crippen LogP contribution in [-0.4, -0.2) is 22.8 Å². The van der Waals surface area contributed by atoms with E-state index in [2.05, 4.69) is 5.32 Å². The maximum Gasteiger partial charge on any atom is 0.129 e. The molecule has 0 fully saturated rings. The smallest absolute Gasteiger partial charge is 0.129 e. The normalized spacial score (nSPS) is 10.2. The average Bonchev–Trinajstić information content (AvgIpc) is 2.25. The van der Waals surface area contributed by atoms with Gasteiger partial charge in [-0.25, -0.2) is 0 Å². The van der Waals surface area contributed by atoms with Gasteiger partial charge >= 0.3 is 0 Å². The van der Waals surface area contributed by atoms with Gasteiger partial charge in [0.2, 0.25) is 0 Å². The molecule has 0 spiro atoms. The molecule has 0 aliphatic carbocycles. The van der Waals surface area contributed by atoms with Gasteiger partial charge in [0.15, 0.2) is 0 Å². The summed E-state index contributed by atoms with van der Waals surface area (Å²) in [6, 6.07) is 0. The summed E-state index contributed by atoms with van der Waals surface area (Å²) in [6.45, 7) is 0.520. The first-order valence-corrected chi connectivity index (χ1v) is 3.71. The number of nitrogens with one attached hydrogen (secondary N) is 1. The van der Waals surface area contributed by atoms with Gasteiger partial charge in [-0.15, -0.1) is 0 Å². The van der Waals surface area contributed by atoms with Gasteiger partial charge in [0.1, 0.15) is 5.82 Å². The molecule has 0 aromatic carbocycles. The number of aryl methyl sites for hydroxylation is 1. The van der Waals surface area contributed by atoms with E-state index >= 15 is 0 Å². The van der Waals surface area contributed by atoms with Crippen LogP contribution in [0.2, 0.25) is 0 Å². The zero-order valence-electron chi connectivity index (χ0n) is 7.04. The van der Waals surface area contributed by atoms with Crippen molar-refractivity contribution < 1.29 is 5.11 Å². The minimum Gasteiger partial charge on any atom is -0.396 e. The van der Waals surface area contributed by atoms with Crippen LogP contribution in [0.15, 0.2) is 6.20 Å². The molecule has 0 atom stereocenters. The molecule has 6 N–H and O–H groups in total. The van der Waals surface area contributed by atoms with Crippen molar-refractivity contribution in [3.63, 3.8) is 0 Å². The second-order valence-electron chi connectivity index (χ2n) is 2.61. The minimum absolute atomic E-state index is 0.0633. The lowest BCUT2D eigenvalue weighted by molar-refractivity contribution is 0.311. The second-order valence-corrected chi connectivity index (χ2v) is 2.61. The highest BCUT2D eigenvalue weighted by molar-refractivity contribution is 5.78. The predicted molar refractivity (Wildman–Crippen MR) is 49.8 cm³/mol. The zero-order valence-corrected chi connectivity index (χ0v) is 7.04. The highest BCUT2D eigenvalue weighted by Crippen LogP contribution is 2.26. The van der Waals surface area contributed by atoms with Gasteiger partial charge < -0.3 is 26.5 Å². The summed E-state index contributed by atoms with van der Waals surface area (Å²) >= 11 is 0. The van der Waals surface area contributed by atoms with E-state index in [1.807, 2.05) is 7.05 Å². The molecule has 68 valence electrons. The topological polar surface area (TPSA) is 89.2 Å². The number of hydrogen-bond donors (Lipinski definition) is 4. The number of rotatable bonds is 3. The van der Waals surface area contributed by atoms with Gasteiger partial charge in [0, 0.05) is 19.8 Å². The first-order valence-electron chi connectivity index (χ1n) is 3.71. The molecule has 0 saturated heterocycles. The summed E-state index contributed by atoms with van der Waals surface area (Å²) < 4.78 is 1.73. The Kier molecular flexibility index (Phi) is 2.44. The van der Waals surface area contributed by atoms with Gasteiger partial charge in [-0.3, -0.25) is 0 Å². The molecule has 1 aromatic heterocycles. The molecule has 0 aliphatic rings. The first kappa shape index (κ1) is 8.73. The third kappa shape index (κ3) is 1.45. The molecule has 0 saturated carbocycles. The van der Waals surface area contributed by atoms with Crippen molar-refractivity contribution in [1.29, 1.82) is 0 Å². The predicted octanol–water partition coefficient (Wildman–Crippen LogP) is -0.406. The molecular formula is C7H14N4O. The van der Waals surface area contributed by atoms with Crippen LogP contribution in [0.25, 0.3) is 0 Å². The summed E-state index contributed by atoms with van der Waals surface area (Å²) in [7, 11) is 1.82. The van der Waals surface area contributed by atoms with Crippen molar-refractivity contribution in [2.45, 2.75) is 0 Å². The van der Waals surface area contributed by atoms with Crippen LogP contribution in [0.3, 0.4) is 0 Å². The van der Waals surface area contributed by atoms with Gasteiger partial charge in [-0.1, -0.05) is 0 Å². The largest absolute Gasteiger partial charge is 0.396 e. The van der Waals surface area contributed by atoms with Crippen LogP contribution in [0.1, 0.15) is 0 Å². The summed E-state index contributed by atoms with van der Waals surface area (Å²) in [6.07, 6.45) is 1.73. The Morgan fingerprint density at radius 2 is 2.25 bits per heavy atom. The Hall–Kier alpha value is -1.36. The van der Waals surface area contributed by atoms with E-state index in [1.54, 1.807) is 10.8 Å². The number of nitrogens with two attached hydrogens (primary N) is 2. The number of hydrogen-bond acceptors (Lipinski definition) is 4. The third-order valence-corrected chi connectivity index (χ3v) is 1.67. The van der Waals surface area contributed by atoms with E-state index in [0.717, 1.165) is 0 Å². The summed E-state index contributed by atoms with van der Waals surface area (Å²) in [5.74, 6) is 0.584. The molecule has 0 bridgehead atoms. The number of aliphatic hydroxyl groups excluding tert-OH is 1. The summed E-state index contributed by atoms with van der Waals surface area (Å²) in [4.78, 5) is 0. The zero-order chi connectivity index (χ0) is 9.14. The van der Waals surface area contributed by atoms with Crippen LogP contribution in [0.4, 0.5) is 17.2 Å². The van der Waals surface area contributed by atoms with Crippen LogP contribution in [0, 0.1) is 0 Å². The lowest BCUT2D eigenvalue weighted by atomic mass is 10.4. The molecule has 5 nitrogen and oxygen atoms in total. The van der Waals surface area contributed by atoms with Crippen LogP contribution in [-0.2, 0) is 7.05 Å². The fourth-order valence-electron chi connectivity index (χ4n) is 1.04. The highest BCUT2D eigenvalue weighted by Gasteiger charge is 2.07. The van der Waals surface area contributed by atoms with Crippen molar-refractivity contribution in [2.24, 2.45) is 7.05 Å². The van der Waals surface area contributed by atoms with E-state index in [0.29, 0.717) is 23.7 Å². The van der Waals surface area contributed by atoms with Crippen molar-refractivity contribution >= 4 is 17.2 Å². The Morgan fingerprint density at radius 3 is 2.67 bits per heavy atom. The lowest BCUT2D eigenvalue weighted by Crippen LogP contribution is -2.08. The van der Waals surface area contributed by atoms with Crippen molar-refractivity contribution in [3.05, 3.63) is 6.20 Å². The van der Waals surface area contributed by atoms with Crippen molar-refractivity contribution in [1.82, 2.24) is 4.57 Å². The molecule has 0 amide bonds. The average molecular weight is 170 g/mol. The maximum atomic E-state index is 8.57. The summed E-state index contributed by atoms with van der Waals surface area (Å²) in [5.41, 5.74) is 12.6. The highest BCUT2D eigenvalue weighted by atomic mass is 16.3. The van der Waals surface area contributed by atoms with Crippen LogP contribution in [0.5, 0.6) is 0 Å². The Bertz CT molecular complexity index is 269. The Morgan fingerprint density at radius 1 is 1.58 bits per heavy atom. The Balaban J connectivity index is 2.82. The molecule has 0 unspecified atom stereocenters. The van der Waals surface area contributed by atoms with Crippen LogP contribution < -0.4 is 16.8 Å².